The van der Waals surface area contributed by atoms with E-state index < -0.39 is 28.8 Å². The van der Waals surface area contributed by atoms with E-state index in [-0.39, 0.29) is 10.9 Å². The highest BCUT2D eigenvalue weighted by Gasteiger charge is 2.43. The summed E-state index contributed by atoms with van der Waals surface area (Å²) in [6.45, 7) is 4.14. The molecule has 0 unspecified atom stereocenters. The van der Waals surface area contributed by atoms with Crippen LogP contribution in [0.25, 0.3) is 27.4 Å². The van der Waals surface area contributed by atoms with E-state index in [0.717, 1.165) is 28.4 Å². The predicted molar refractivity (Wildman–Crippen MR) is 122 cm³/mol. The first-order valence-corrected chi connectivity index (χ1v) is 10.7. The zero-order chi connectivity index (χ0) is 23.9. The summed E-state index contributed by atoms with van der Waals surface area (Å²) in [5.74, 6) is -3.02. The van der Waals surface area contributed by atoms with Crippen molar-refractivity contribution in [1.82, 2.24) is 4.57 Å². The van der Waals surface area contributed by atoms with E-state index >= 15 is 0 Å². The molecule has 0 atom stereocenters. The number of carbonyl (C=O) groups excluding carboxylic acids is 1. The number of halogens is 3. The minimum Gasteiger partial charge on any atom is -0.506 e. The van der Waals surface area contributed by atoms with Crippen molar-refractivity contribution in [3.05, 3.63) is 82.1 Å². The Bertz CT molecular complexity index is 1420. The number of carbonyl (C=O) groups is 1. The first-order chi connectivity index (χ1) is 15.7. The second-order valence-electron chi connectivity index (χ2n) is 7.98. The molecule has 1 aromatic heterocycles. The molecule has 0 fully saturated rings. The number of aromatic hydroxyl groups is 1. The zero-order valence-corrected chi connectivity index (χ0v) is 18.1. The van der Waals surface area contributed by atoms with Gasteiger partial charge in [0.05, 0.1) is 5.52 Å². The molecule has 0 spiro atoms. The maximum absolute atomic E-state index is 13.3. The lowest BCUT2D eigenvalue weighted by Crippen LogP contribution is -2.33. The van der Waals surface area contributed by atoms with Gasteiger partial charge in [0.15, 0.2) is 0 Å². The van der Waals surface area contributed by atoms with Crippen molar-refractivity contribution in [2.45, 2.75) is 38.8 Å². The van der Waals surface area contributed by atoms with Crippen molar-refractivity contribution < 1.29 is 23.1 Å². The molecule has 1 heterocycles. The summed E-state index contributed by atoms with van der Waals surface area (Å²) in [5, 5.41) is 11.9. The quantitative estimate of drug-likeness (QED) is 0.277. The van der Waals surface area contributed by atoms with Crippen LogP contribution in [0.3, 0.4) is 0 Å². The van der Waals surface area contributed by atoms with Crippen LogP contribution in [0, 0.1) is 0 Å². The molecular weight excluding hydrogens is 431 g/mol. The number of nitrogens with zero attached hydrogens (tertiary/aromatic N) is 1. The zero-order valence-electron chi connectivity index (χ0n) is 18.1. The van der Waals surface area contributed by atoms with Crippen molar-refractivity contribution >= 4 is 27.5 Å². The summed E-state index contributed by atoms with van der Waals surface area (Å²) in [5.41, 5.74) is -0.892. The Morgan fingerprint density at radius 1 is 0.939 bits per heavy atom. The molecule has 0 saturated heterocycles. The molecule has 1 N–H and O–H groups in total. The molecule has 33 heavy (non-hydrogen) atoms. The van der Waals surface area contributed by atoms with Gasteiger partial charge < -0.3 is 5.11 Å². The Kier molecular flexibility index (Phi) is 5.74. The second-order valence-corrected chi connectivity index (χ2v) is 7.98. The normalized spacial score (nSPS) is 12.1. The Balaban J connectivity index is 2.12. The van der Waals surface area contributed by atoms with E-state index in [1.807, 2.05) is 12.1 Å². The van der Waals surface area contributed by atoms with Crippen LogP contribution in [-0.4, -0.2) is 21.6 Å². The maximum Gasteiger partial charge on any atom is 0.455 e. The van der Waals surface area contributed by atoms with Crippen LogP contribution >= 0.6 is 0 Å². The standard InChI is InChI=1S/C26H22F3NO3/c1-3-15(4-2)16-9-12-18(13-10-16)30-22-19-8-6-5-7-17(19)11-14-20(22)23(31)21(25(30)33)24(32)26(27,28)29/h5-15,31H,3-4H2,1-2H3. The summed E-state index contributed by atoms with van der Waals surface area (Å²) in [6.07, 6.45) is -3.46. The lowest BCUT2D eigenvalue weighted by atomic mass is 9.94. The minimum absolute atomic E-state index is 0.00929. The largest absolute Gasteiger partial charge is 0.506 e. The Morgan fingerprint density at radius 2 is 1.58 bits per heavy atom. The topological polar surface area (TPSA) is 59.3 Å². The molecule has 0 radical (unpaired) electrons. The first kappa shape index (κ1) is 22.6. The highest BCUT2D eigenvalue weighted by atomic mass is 19.4. The van der Waals surface area contributed by atoms with Crippen LogP contribution < -0.4 is 5.56 Å². The number of fused-ring (bicyclic) bond motifs is 3. The van der Waals surface area contributed by atoms with E-state index in [1.54, 1.807) is 42.5 Å². The summed E-state index contributed by atoms with van der Waals surface area (Å²) >= 11 is 0. The van der Waals surface area contributed by atoms with E-state index in [2.05, 4.69) is 13.8 Å². The summed E-state index contributed by atoms with van der Waals surface area (Å²) < 4.78 is 41.0. The van der Waals surface area contributed by atoms with Gasteiger partial charge in [-0.15, -0.1) is 0 Å². The molecule has 0 aliphatic carbocycles. The highest BCUT2D eigenvalue weighted by molar-refractivity contribution is 6.12. The molecule has 170 valence electrons. The Morgan fingerprint density at radius 3 is 2.18 bits per heavy atom. The van der Waals surface area contributed by atoms with Gasteiger partial charge in [0.1, 0.15) is 11.3 Å². The fourth-order valence-corrected chi connectivity index (χ4v) is 4.38. The smallest absolute Gasteiger partial charge is 0.455 e. The van der Waals surface area contributed by atoms with Crippen LogP contribution in [0.4, 0.5) is 13.2 Å². The average Bonchev–Trinajstić information content (AvgIpc) is 2.80. The molecule has 4 rings (SSSR count). The average molecular weight is 453 g/mol. The molecule has 0 saturated carbocycles. The molecule has 4 nitrogen and oxygen atoms in total. The predicted octanol–water partition coefficient (Wildman–Crippen LogP) is 6.50. The molecule has 3 aromatic carbocycles. The van der Waals surface area contributed by atoms with Gasteiger partial charge in [-0.2, -0.15) is 13.2 Å². The van der Waals surface area contributed by atoms with Crippen molar-refractivity contribution in [2.75, 3.05) is 0 Å². The van der Waals surface area contributed by atoms with Crippen molar-refractivity contribution in [1.29, 1.82) is 0 Å². The number of Topliss-reactive ketones (excluding diaryl/α,β-unsaturated/α-hetero) is 1. The molecule has 4 aromatic rings. The number of benzene rings is 3. The second kappa shape index (κ2) is 8.39. The van der Waals surface area contributed by atoms with E-state index in [4.69, 9.17) is 0 Å². The summed E-state index contributed by atoms with van der Waals surface area (Å²) in [6, 6.07) is 17.1. The van der Waals surface area contributed by atoms with Crippen molar-refractivity contribution in [2.24, 2.45) is 0 Å². The van der Waals surface area contributed by atoms with Crippen molar-refractivity contribution in [3.63, 3.8) is 0 Å². The number of hydrogen-bond donors (Lipinski definition) is 1. The van der Waals surface area contributed by atoms with Gasteiger partial charge >= 0.3 is 6.18 Å². The monoisotopic (exact) mass is 453 g/mol. The number of ketones is 1. The number of aromatic nitrogens is 1. The number of rotatable bonds is 5. The molecule has 0 amide bonds. The Labute approximate surface area is 187 Å². The summed E-state index contributed by atoms with van der Waals surface area (Å²) in [7, 11) is 0. The minimum atomic E-state index is -5.31. The van der Waals surface area contributed by atoms with Crippen molar-refractivity contribution in [3.8, 4) is 11.4 Å². The molecular formula is C26H22F3NO3. The maximum atomic E-state index is 13.3. The third-order valence-electron chi connectivity index (χ3n) is 6.13. The van der Waals surface area contributed by atoms with Crippen LogP contribution in [0.2, 0.25) is 0 Å². The van der Waals surface area contributed by atoms with E-state index in [1.165, 1.54) is 6.07 Å². The SMILES string of the molecule is CCC(CC)c1ccc(-n2c(=O)c(C(=O)C(F)(F)F)c(O)c3ccc4ccccc4c32)cc1. The van der Waals surface area contributed by atoms with Crippen LogP contribution in [0.1, 0.15) is 48.5 Å². The first-order valence-electron chi connectivity index (χ1n) is 10.7. The summed E-state index contributed by atoms with van der Waals surface area (Å²) in [4.78, 5) is 25.5. The van der Waals surface area contributed by atoms with E-state index in [0.29, 0.717) is 17.0 Å². The highest BCUT2D eigenvalue weighted by Crippen LogP contribution is 2.36. The molecule has 0 bridgehead atoms. The van der Waals surface area contributed by atoms with Gasteiger partial charge in [0.2, 0.25) is 0 Å². The van der Waals surface area contributed by atoms with Crippen LogP contribution in [0.5, 0.6) is 5.75 Å². The number of hydrogen-bond acceptors (Lipinski definition) is 3. The third kappa shape index (κ3) is 3.77. The third-order valence-corrected chi connectivity index (χ3v) is 6.13. The van der Waals surface area contributed by atoms with Gasteiger partial charge in [-0.1, -0.05) is 56.3 Å². The van der Waals surface area contributed by atoms with Gasteiger partial charge in [-0.25, -0.2) is 0 Å². The lowest BCUT2D eigenvalue weighted by molar-refractivity contribution is -0.0887. The van der Waals surface area contributed by atoms with Gasteiger partial charge in [-0.05, 0) is 47.9 Å². The van der Waals surface area contributed by atoms with Gasteiger partial charge in [-0.3, -0.25) is 14.2 Å². The molecule has 0 aliphatic heterocycles. The Hall–Kier alpha value is -3.61. The van der Waals surface area contributed by atoms with E-state index in [9.17, 15) is 27.9 Å². The van der Waals surface area contributed by atoms with Crippen LogP contribution in [0.15, 0.2) is 65.5 Å². The lowest BCUT2D eigenvalue weighted by Gasteiger charge is -2.18. The van der Waals surface area contributed by atoms with Gasteiger partial charge in [0.25, 0.3) is 11.3 Å². The fourth-order valence-electron chi connectivity index (χ4n) is 4.38. The fraction of sp³-hybridized carbons (Fsp3) is 0.231. The van der Waals surface area contributed by atoms with Gasteiger partial charge in [0, 0.05) is 16.5 Å². The van der Waals surface area contributed by atoms with Crippen LogP contribution in [-0.2, 0) is 0 Å². The molecule has 0 aliphatic rings. The molecule has 7 heteroatoms. The number of alkyl halides is 3. The number of pyridine rings is 1.